The largest absolute Gasteiger partial charge is 0.378 e. The van der Waals surface area contributed by atoms with Gasteiger partial charge in [0.1, 0.15) is 6.29 Å². The Hall–Kier alpha value is -0.900. The van der Waals surface area contributed by atoms with E-state index in [0.29, 0.717) is 6.42 Å². The molecule has 0 saturated carbocycles. The van der Waals surface area contributed by atoms with E-state index in [2.05, 4.69) is 5.32 Å². The van der Waals surface area contributed by atoms with Crippen LogP contribution >= 0.6 is 0 Å². The first-order valence-electron chi connectivity index (χ1n) is 4.32. The van der Waals surface area contributed by atoms with Crippen LogP contribution in [0.15, 0.2) is 0 Å². The molecule has 0 aromatic rings. The van der Waals surface area contributed by atoms with Crippen LogP contribution in [0.1, 0.15) is 20.3 Å². The molecule has 1 aliphatic heterocycles. The van der Waals surface area contributed by atoms with Crippen molar-refractivity contribution < 1.29 is 14.3 Å². The summed E-state index contributed by atoms with van der Waals surface area (Å²) in [5.41, 5.74) is -0.490. The molecule has 1 aliphatic rings. The normalized spacial score (nSPS) is 27.8. The quantitative estimate of drug-likeness (QED) is 0.500. The van der Waals surface area contributed by atoms with Gasteiger partial charge in [-0.05, 0) is 13.8 Å². The third-order valence-electron chi connectivity index (χ3n) is 2.64. The van der Waals surface area contributed by atoms with Gasteiger partial charge in [-0.2, -0.15) is 0 Å². The van der Waals surface area contributed by atoms with E-state index in [1.54, 1.807) is 7.11 Å². The zero-order valence-electron chi connectivity index (χ0n) is 8.16. The van der Waals surface area contributed by atoms with E-state index in [-0.39, 0.29) is 17.9 Å². The van der Waals surface area contributed by atoms with Crippen molar-refractivity contribution in [3.8, 4) is 0 Å². The third kappa shape index (κ3) is 1.72. The average Bonchev–Trinajstić information content (AvgIpc) is 2.03. The fraction of sp³-hybridized carbons (Fsp3) is 0.778. The Balaban J connectivity index is 2.66. The van der Waals surface area contributed by atoms with Crippen LogP contribution in [0.4, 0.5) is 0 Å². The predicted octanol–water partition coefficient (Wildman–Crippen LogP) is 0.115. The molecule has 4 nitrogen and oxygen atoms in total. The number of β-lactam (4-membered cyclic amide) rings is 1. The van der Waals surface area contributed by atoms with Crippen LogP contribution in [0.3, 0.4) is 0 Å². The summed E-state index contributed by atoms with van der Waals surface area (Å²) in [6.45, 7) is 3.71. The van der Waals surface area contributed by atoms with Crippen molar-refractivity contribution in [2.45, 2.75) is 31.9 Å². The molecule has 0 aromatic carbocycles. The SMILES string of the molecule is COC(C)(C)[C@H]1C(=O)N[C@@H]1CC=O. The summed E-state index contributed by atoms with van der Waals surface area (Å²) < 4.78 is 5.21. The molecule has 74 valence electrons. The van der Waals surface area contributed by atoms with Crippen molar-refractivity contribution in [3.63, 3.8) is 0 Å². The second-order valence-electron chi connectivity index (χ2n) is 3.80. The maximum absolute atomic E-state index is 11.2. The molecule has 13 heavy (non-hydrogen) atoms. The molecule has 0 radical (unpaired) electrons. The van der Waals surface area contributed by atoms with Crippen molar-refractivity contribution >= 4 is 12.2 Å². The lowest BCUT2D eigenvalue weighted by molar-refractivity contribution is -0.151. The smallest absolute Gasteiger partial charge is 0.228 e. The second-order valence-corrected chi connectivity index (χ2v) is 3.80. The van der Waals surface area contributed by atoms with E-state index in [9.17, 15) is 9.59 Å². The Kier molecular flexibility index (Phi) is 2.71. The zero-order valence-corrected chi connectivity index (χ0v) is 8.16. The van der Waals surface area contributed by atoms with Gasteiger partial charge in [0.15, 0.2) is 0 Å². The minimum absolute atomic E-state index is 0.0290. The number of amides is 1. The lowest BCUT2D eigenvalue weighted by atomic mass is 9.77. The molecule has 0 aliphatic carbocycles. The molecular formula is C9H15NO3. The topological polar surface area (TPSA) is 55.4 Å². The van der Waals surface area contributed by atoms with Crippen LogP contribution < -0.4 is 5.32 Å². The van der Waals surface area contributed by atoms with Gasteiger partial charge in [-0.25, -0.2) is 0 Å². The van der Waals surface area contributed by atoms with E-state index >= 15 is 0 Å². The lowest BCUT2D eigenvalue weighted by Crippen LogP contribution is -2.65. The number of ether oxygens (including phenoxy) is 1. The predicted molar refractivity (Wildman–Crippen MR) is 47.2 cm³/mol. The number of rotatable bonds is 4. The Bertz CT molecular complexity index is 223. The van der Waals surface area contributed by atoms with Gasteiger partial charge >= 0.3 is 0 Å². The van der Waals surface area contributed by atoms with Gasteiger partial charge < -0.3 is 14.8 Å². The number of hydrogen-bond acceptors (Lipinski definition) is 3. The van der Waals surface area contributed by atoms with Crippen molar-refractivity contribution in [2.75, 3.05) is 7.11 Å². The summed E-state index contributed by atoms with van der Waals surface area (Å²) in [4.78, 5) is 21.5. The van der Waals surface area contributed by atoms with Crippen LogP contribution in [-0.2, 0) is 14.3 Å². The summed E-state index contributed by atoms with van der Waals surface area (Å²) in [5, 5.41) is 2.68. The molecule has 0 unspecified atom stereocenters. The molecule has 1 fully saturated rings. The number of nitrogens with one attached hydrogen (secondary N) is 1. The van der Waals surface area contributed by atoms with Gasteiger partial charge in [-0.1, -0.05) is 0 Å². The fourth-order valence-corrected chi connectivity index (χ4v) is 1.67. The molecule has 1 saturated heterocycles. The summed E-state index contributed by atoms with van der Waals surface area (Å²) in [5.74, 6) is -0.235. The number of methoxy groups -OCH3 is 1. The minimum atomic E-state index is -0.490. The van der Waals surface area contributed by atoms with E-state index in [4.69, 9.17) is 4.74 Å². The first-order valence-corrected chi connectivity index (χ1v) is 4.32. The maximum atomic E-state index is 11.2. The highest BCUT2D eigenvalue weighted by Gasteiger charge is 2.48. The van der Waals surface area contributed by atoms with Gasteiger partial charge in [0.2, 0.25) is 5.91 Å². The van der Waals surface area contributed by atoms with Crippen LogP contribution in [0, 0.1) is 5.92 Å². The van der Waals surface area contributed by atoms with Crippen molar-refractivity contribution in [2.24, 2.45) is 5.92 Å². The lowest BCUT2D eigenvalue weighted by Gasteiger charge is -2.44. The second kappa shape index (κ2) is 3.46. The maximum Gasteiger partial charge on any atom is 0.228 e. The summed E-state index contributed by atoms with van der Waals surface area (Å²) in [6.07, 6.45) is 1.19. The Morgan fingerprint density at radius 1 is 1.62 bits per heavy atom. The van der Waals surface area contributed by atoms with Crippen molar-refractivity contribution in [1.82, 2.24) is 5.32 Å². The van der Waals surface area contributed by atoms with Gasteiger partial charge in [-0.15, -0.1) is 0 Å². The number of carbonyl (C=O) groups excluding carboxylic acids is 2. The van der Waals surface area contributed by atoms with Gasteiger partial charge in [0.05, 0.1) is 11.5 Å². The van der Waals surface area contributed by atoms with E-state index < -0.39 is 5.60 Å². The zero-order chi connectivity index (χ0) is 10.1. The highest BCUT2D eigenvalue weighted by molar-refractivity contribution is 5.87. The summed E-state index contributed by atoms with van der Waals surface area (Å²) >= 11 is 0. The van der Waals surface area contributed by atoms with Crippen LogP contribution in [0.5, 0.6) is 0 Å². The third-order valence-corrected chi connectivity index (χ3v) is 2.64. The molecule has 0 bridgehead atoms. The Morgan fingerprint density at radius 2 is 2.23 bits per heavy atom. The number of hydrogen-bond donors (Lipinski definition) is 1. The van der Waals surface area contributed by atoms with Crippen molar-refractivity contribution in [3.05, 3.63) is 0 Å². The minimum Gasteiger partial charge on any atom is -0.378 e. The van der Waals surface area contributed by atoms with E-state index in [1.165, 1.54) is 0 Å². The molecule has 1 rings (SSSR count). The molecule has 0 spiro atoms. The first kappa shape index (κ1) is 10.2. The van der Waals surface area contributed by atoms with Gasteiger partial charge in [-0.3, -0.25) is 4.79 Å². The average molecular weight is 185 g/mol. The monoisotopic (exact) mass is 185 g/mol. The van der Waals surface area contributed by atoms with Crippen LogP contribution in [0.25, 0.3) is 0 Å². The standard InChI is InChI=1S/C9H15NO3/c1-9(2,13-3)7-6(4-5-11)10-8(7)12/h5-7H,4H2,1-3H3,(H,10,12)/t6-,7-/m1/s1. The molecular weight excluding hydrogens is 170 g/mol. The number of carbonyl (C=O) groups is 2. The highest BCUT2D eigenvalue weighted by atomic mass is 16.5. The fourth-order valence-electron chi connectivity index (χ4n) is 1.67. The van der Waals surface area contributed by atoms with Gasteiger partial charge in [0, 0.05) is 19.6 Å². The highest BCUT2D eigenvalue weighted by Crippen LogP contribution is 2.31. The molecule has 1 heterocycles. The van der Waals surface area contributed by atoms with Gasteiger partial charge in [0.25, 0.3) is 0 Å². The van der Waals surface area contributed by atoms with Crippen LogP contribution in [0.2, 0.25) is 0 Å². The molecule has 1 N–H and O–H groups in total. The van der Waals surface area contributed by atoms with Crippen LogP contribution in [-0.4, -0.2) is 30.9 Å². The molecule has 4 heteroatoms. The summed E-state index contributed by atoms with van der Waals surface area (Å²) in [6, 6.07) is -0.0556. The Labute approximate surface area is 77.6 Å². The molecule has 2 atom stereocenters. The summed E-state index contributed by atoms with van der Waals surface area (Å²) in [7, 11) is 1.57. The molecule has 1 amide bonds. The Morgan fingerprint density at radius 3 is 2.62 bits per heavy atom. The van der Waals surface area contributed by atoms with Crippen molar-refractivity contribution in [1.29, 1.82) is 0 Å². The number of aldehydes is 1. The molecule has 0 aromatic heterocycles. The van der Waals surface area contributed by atoms with E-state index in [0.717, 1.165) is 6.29 Å². The first-order chi connectivity index (χ1) is 6.03. The van der Waals surface area contributed by atoms with E-state index in [1.807, 2.05) is 13.8 Å².